The molecule has 0 spiro atoms. The predicted octanol–water partition coefficient (Wildman–Crippen LogP) is 3.08. The average Bonchev–Trinajstić information content (AvgIpc) is 2.39. The molecular formula is C13H17F4NO2. The Kier molecular flexibility index (Phi) is 6.06. The highest BCUT2D eigenvalue weighted by Gasteiger charge is 2.39. The van der Waals surface area contributed by atoms with Crippen molar-refractivity contribution in [1.29, 1.82) is 0 Å². The minimum Gasteiger partial charge on any atom is -0.493 e. The third-order valence-electron chi connectivity index (χ3n) is 2.54. The van der Waals surface area contributed by atoms with Crippen molar-refractivity contribution in [2.75, 3.05) is 20.3 Å². The van der Waals surface area contributed by atoms with E-state index in [-0.39, 0.29) is 6.54 Å². The maximum Gasteiger partial charge on any atom is 0.319 e. The van der Waals surface area contributed by atoms with Gasteiger partial charge in [-0.2, -0.15) is 8.78 Å². The summed E-state index contributed by atoms with van der Waals surface area (Å²) in [5.74, 6) is -3.03. The van der Waals surface area contributed by atoms with Gasteiger partial charge >= 0.3 is 12.3 Å². The second-order valence-electron chi connectivity index (χ2n) is 4.08. The summed E-state index contributed by atoms with van der Waals surface area (Å²) in [4.78, 5) is 0. The molecule has 1 aromatic carbocycles. The number of hydrogen-bond donors (Lipinski definition) is 1. The fourth-order valence-corrected chi connectivity index (χ4v) is 1.55. The molecule has 0 saturated heterocycles. The van der Waals surface area contributed by atoms with Crippen molar-refractivity contribution in [2.45, 2.75) is 25.8 Å². The standard InChI is InChI=1S/C13H17F4NO2/c1-3-20-11-6-9(4-5-10(11)19-2)7-18-8-13(16,17)12(14)15/h4-6,12,18H,3,7-8H2,1-2H3. The molecule has 0 atom stereocenters. The molecule has 20 heavy (non-hydrogen) atoms. The zero-order valence-electron chi connectivity index (χ0n) is 11.3. The highest BCUT2D eigenvalue weighted by molar-refractivity contribution is 5.42. The molecule has 0 saturated carbocycles. The summed E-state index contributed by atoms with van der Waals surface area (Å²) in [6, 6.07) is 4.90. The fraction of sp³-hybridized carbons (Fsp3) is 0.538. The largest absolute Gasteiger partial charge is 0.493 e. The summed E-state index contributed by atoms with van der Waals surface area (Å²) < 4.78 is 59.8. The Labute approximate surface area is 114 Å². The molecule has 0 aliphatic rings. The van der Waals surface area contributed by atoms with Crippen LogP contribution in [0.4, 0.5) is 17.6 Å². The van der Waals surface area contributed by atoms with Crippen LogP contribution in [0.15, 0.2) is 18.2 Å². The molecule has 0 amide bonds. The van der Waals surface area contributed by atoms with Crippen molar-refractivity contribution < 1.29 is 27.0 Å². The Balaban J connectivity index is 2.62. The summed E-state index contributed by atoms with van der Waals surface area (Å²) in [5.41, 5.74) is 0.638. The van der Waals surface area contributed by atoms with E-state index < -0.39 is 18.9 Å². The summed E-state index contributed by atoms with van der Waals surface area (Å²) in [5, 5.41) is 2.30. The van der Waals surface area contributed by atoms with Crippen molar-refractivity contribution >= 4 is 0 Å². The highest BCUT2D eigenvalue weighted by atomic mass is 19.3. The van der Waals surface area contributed by atoms with Gasteiger partial charge in [0.15, 0.2) is 11.5 Å². The first kappa shape index (κ1) is 16.6. The SMILES string of the molecule is CCOc1cc(CNCC(F)(F)C(F)F)ccc1OC. The van der Waals surface area contributed by atoms with Crippen molar-refractivity contribution in [1.82, 2.24) is 5.32 Å². The smallest absolute Gasteiger partial charge is 0.319 e. The zero-order valence-corrected chi connectivity index (χ0v) is 11.3. The highest BCUT2D eigenvalue weighted by Crippen LogP contribution is 2.28. The summed E-state index contributed by atoms with van der Waals surface area (Å²) >= 11 is 0. The maximum atomic E-state index is 12.7. The average molecular weight is 295 g/mol. The Morgan fingerprint density at radius 3 is 2.50 bits per heavy atom. The normalized spacial score (nSPS) is 11.8. The van der Waals surface area contributed by atoms with E-state index in [1.54, 1.807) is 25.1 Å². The van der Waals surface area contributed by atoms with Crippen LogP contribution < -0.4 is 14.8 Å². The summed E-state index contributed by atoms with van der Waals surface area (Å²) in [6.07, 6.45) is -3.68. The van der Waals surface area contributed by atoms with E-state index in [0.29, 0.717) is 23.7 Å². The quantitative estimate of drug-likeness (QED) is 0.748. The molecule has 114 valence electrons. The molecule has 1 aromatic rings. The van der Waals surface area contributed by atoms with Gasteiger partial charge < -0.3 is 14.8 Å². The van der Waals surface area contributed by atoms with Gasteiger partial charge in [0.1, 0.15) is 0 Å². The first-order chi connectivity index (χ1) is 9.40. The van der Waals surface area contributed by atoms with Crippen LogP contribution in [0.25, 0.3) is 0 Å². The van der Waals surface area contributed by atoms with Gasteiger partial charge in [-0.15, -0.1) is 0 Å². The molecule has 0 aromatic heterocycles. The lowest BCUT2D eigenvalue weighted by Crippen LogP contribution is -2.38. The Hall–Kier alpha value is -1.50. The molecule has 0 heterocycles. The number of nitrogens with one attached hydrogen (secondary N) is 1. The van der Waals surface area contributed by atoms with Crippen LogP contribution in [0.1, 0.15) is 12.5 Å². The second-order valence-corrected chi connectivity index (χ2v) is 4.08. The molecule has 0 aliphatic heterocycles. The molecule has 0 unspecified atom stereocenters. The van der Waals surface area contributed by atoms with Crippen LogP contribution in [0.5, 0.6) is 11.5 Å². The van der Waals surface area contributed by atoms with E-state index in [2.05, 4.69) is 5.32 Å². The number of benzene rings is 1. The third kappa shape index (κ3) is 4.56. The molecule has 0 radical (unpaired) electrons. The van der Waals surface area contributed by atoms with Gasteiger partial charge in [0.05, 0.1) is 20.3 Å². The van der Waals surface area contributed by atoms with E-state index in [0.717, 1.165) is 0 Å². The van der Waals surface area contributed by atoms with Crippen molar-refractivity contribution in [3.63, 3.8) is 0 Å². The van der Waals surface area contributed by atoms with Crippen LogP contribution in [-0.4, -0.2) is 32.6 Å². The number of rotatable bonds is 8. The third-order valence-corrected chi connectivity index (χ3v) is 2.54. The van der Waals surface area contributed by atoms with Gasteiger partial charge in [0.2, 0.25) is 0 Å². The van der Waals surface area contributed by atoms with E-state index in [9.17, 15) is 17.6 Å². The van der Waals surface area contributed by atoms with Crippen molar-refractivity contribution in [3.05, 3.63) is 23.8 Å². The van der Waals surface area contributed by atoms with Gasteiger partial charge in [-0.25, -0.2) is 8.78 Å². The fourth-order valence-electron chi connectivity index (χ4n) is 1.55. The Morgan fingerprint density at radius 1 is 1.25 bits per heavy atom. The number of methoxy groups -OCH3 is 1. The molecule has 0 bridgehead atoms. The first-order valence-electron chi connectivity index (χ1n) is 6.07. The topological polar surface area (TPSA) is 30.5 Å². The van der Waals surface area contributed by atoms with Crippen LogP contribution >= 0.6 is 0 Å². The van der Waals surface area contributed by atoms with E-state index in [4.69, 9.17) is 9.47 Å². The minimum absolute atomic E-state index is 0.0341. The van der Waals surface area contributed by atoms with Crippen molar-refractivity contribution in [3.8, 4) is 11.5 Å². The molecule has 1 N–H and O–H groups in total. The minimum atomic E-state index is -4.03. The Morgan fingerprint density at radius 2 is 1.95 bits per heavy atom. The first-order valence-corrected chi connectivity index (χ1v) is 6.07. The molecule has 3 nitrogen and oxygen atoms in total. The van der Waals surface area contributed by atoms with Crippen LogP contribution in [0, 0.1) is 0 Å². The van der Waals surface area contributed by atoms with E-state index in [1.165, 1.54) is 7.11 Å². The van der Waals surface area contributed by atoms with E-state index >= 15 is 0 Å². The predicted molar refractivity (Wildman–Crippen MR) is 66.8 cm³/mol. The lowest BCUT2D eigenvalue weighted by atomic mass is 10.2. The molecule has 0 fully saturated rings. The van der Waals surface area contributed by atoms with Gasteiger partial charge in [0, 0.05) is 6.54 Å². The van der Waals surface area contributed by atoms with Gasteiger partial charge in [-0.3, -0.25) is 0 Å². The summed E-state index contributed by atoms with van der Waals surface area (Å²) in [7, 11) is 1.49. The van der Waals surface area contributed by atoms with E-state index in [1.807, 2.05) is 0 Å². The number of hydrogen-bond acceptors (Lipinski definition) is 3. The molecule has 0 aliphatic carbocycles. The maximum absolute atomic E-state index is 12.7. The van der Waals surface area contributed by atoms with Crippen LogP contribution in [0.2, 0.25) is 0 Å². The molecule has 7 heteroatoms. The van der Waals surface area contributed by atoms with Crippen LogP contribution in [-0.2, 0) is 6.54 Å². The van der Waals surface area contributed by atoms with Crippen molar-refractivity contribution in [2.24, 2.45) is 0 Å². The van der Waals surface area contributed by atoms with Gasteiger partial charge in [-0.1, -0.05) is 6.07 Å². The van der Waals surface area contributed by atoms with Gasteiger partial charge in [-0.05, 0) is 24.6 Å². The number of alkyl halides is 4. The number of ether oxygens (including phenoxy) is 2. The lowest BCUT2D eigenvalue weighted by Gasteiger charge is -2.16. The second kappa shape index (κ2) is 7.33. The molecular weight excluding hydrogens is 278 g/mol. The van der Waals surface area contributed by atoms with Crippen LogP contribution in [0.3, 0.4) is 0 Å². The molecule has 1 rings (SSSR count). The number of halogens is 4. The Bertz CT molecular complexity index is 427. The monoisotopic (exact) mass is 295 g/mol. The summed E-state index contributed by atoms with van der Waals surface area (Å²) in [6.45, 7) is 1.18. The zero-order chi connectivity index (χ0) is 15.2. The lowest BCUT2D eigenvalue weighted by molar-refractivity contribution is -0.125. The van der Waals surface area contributed by atoms with Gasteiger partial charge in [0.25, 0.3) is 0 Å².